The van der Waals surface area contributed by atoms with E-state index in [1.807, 2.05) is 48.5 Å². The van der Waals surface area contributed by atoms with Gasteiger partial charge in [0.05, 0.1) is 16.8 Å². The molecule has 5 nitrogen and oxygen atoms in total. The third kappa shape index (κ3) is 5.22. The summed E-state index contributed by atoms with van der Waals surface area (Å²) >= 11 is 0. The molecule has 0 aliphatic rings. The van der Waals surface area contributed by atoms with Crippen LogP contribution < -0.4 is 10.3 Å². The van der Waals surface area contributed by atoms with Crippen molar-refractivity contribution < 1.29 is 8.42 Å². The highest BCUT2D eigenvalue weighted by Crippen LogP contribution is 2.33. The van der Waals surface area contributed by atoms with Gasteiger partial charge in [-0.05, 0) is 66.2 Å². The number of nitrogens with one attached hydrogen (secondary N) is 1. The van der Waals surface area contributed by atoms with Crippen LogP contribution >= 0.6 is 0 Å². The molecule has 0 fully saturated rings. The summed E-state index contributed by atoms with van der Waals surface area (Å²) in [5.74, 6) is 0. The van der Waals surface area contributed by atoms with Gasteiger partial charge in [-0.15, -0.1) is 0 Å². The molecular weight excluding hydrogens is 418 g/mol. The molecule has 0 unspecified atom stereocenters. The van der Waals surface area contributed by atoms with E-state index < -0.39 is 9.84 Å². The molecule has 0 spiro atoms. The fourth-order valence-corrected chi connectivity index (χ4v) is 3.90. The molecule has 0 aromatic heterocycles. The summed E-state index contributed by atoms with van der Waals surface area (Å²) in [5, 5.41) is 4.26. The SMILES string of the molecule is CS(=O)(=O)c1ccc(N/N=C/c2ccc(N(c3ccccc3)c3ccccc3)cc2)cc1. The molecule has 4 aromatic rings. The molecule has 32 heavy (non-hydrogen) atoms. The molecule has 0 atom stereocenters. The predicted molar refractivity (Wildman–Crippen MR) is 132 cm³/mol. The van der Waals surface area contributed by atoms with Gasteiger partial charge in [0.1, 0.15) is 0 Å². The van der Waals surface area contributed by atoms with Gasteiger partial charge in [0.2, 0.25) is 0 Å². The van der Waals surface area contributed by atoms with Crippen LogP contribution in [0.25, 0.3) is 0 Å². The van der Waals surface area contributed by atoms with E-state index in [2.05, 4.69) is 51.8 Å². The quantitative estimate of drug-likeness (QED) is 0.282. The molecule has 4 aromatic carbocycles. The van der Waals surface area contributed by atoms with Gasteiger partial charge in [-0.1, -0.05) is 48.5 Å². The summed E-state index contributed by atoms with van der Waals surface area (Å²) in [5.41, 5.74) is 7.79. The number of hydrogen-bond donors (Lipinski definition) is 1. The van der Waals surface area contributed by atoms with E-state index in [9.17, 15) is 8.42 Å². The number of hydrogen-bond acceptors (Lipinski definition) is 5. The van der Waals surface area contributed by atoms with Crippen molar-refractivity contribution in [2.75, 3.05) is 16.6 Å². The molecule has 160 valence electrons. The summed E-state index contributed by atoms with van der Waals surface area (Å²) in [6.07, 6.45) is 2.91. The van der Waals surface area contributed by atoms with Crippen LogP contribution in [0.4, 0.5) is 22.7 Å². The highest BCUT2D eigenvalue weighted by molar-refractivity contribution is 7.90. The van der Waals surface area contributed by atoms with Crippen molar-refractivity contribution in [3.8, 4) is 0 Å². The largest absolute Gasteiger partial charge is 0.311 e. The molecule has 0 radical (unpaired) electrons. The van der Waals surface area contributed by atoms with E-state index in [1.54, 1.807) is 30.5 Å². The predicted octanol–water partition coefficient (Wildman–Crippen LogP) is 6.01. The Labute approximate surface area is 188 Å². The Morgan fingerprint density at radius 1 is 0.688 bits per heavy atom. The van der Waals surface area contributed by atoms with Crippen LogP contribution in [0.3, 0.4) is 0 Å². The zero-order valence-corrected chi connectivity index (χ0v) is 18.4. The number of benzene rings is 4. The number of sulfone groups is 1. The molecule has 1 N–H and O–H groups in total. The van der Waals surface area contributed by atoms with Crippen LogP contribution in [0.15, 0.2) is 119 Å². The molecule has 6 heteroatoms. The molecular formula is C26H23N3O2S. The highest BCUT2D eigenvalue weighted by atomic mass is 32.2. The Hall–Kier alpha value is -3.90. The lowest BCUT2D eigenvalue weighted by molar-refractivity contribution is 0.602. The lowest BCUT2D eigenvalue weighted by Gasteiger charge is -2.25. The maximum atomic E-state index is 11.5. The summed E-state index contributed by atoms with van der Waals surface area (Å²) in [7, 11) is -3.20. The van der Waals surface area contributed by atoms with E-state index in [0.717, 1.165) is 22.6 Å². The van der Waals surface area contributed by atoms with Gasteiger partial charge in [0, 0.05) is 23.3 Å². The van der Waals surface area contributed by atoms with Crippen molar-refractivity contribution in [2.24, 2.45) is 5.10 Å². The lowest BCUT2D eigenvalue weighted by Crippen LogP contribution is -2.09. The minimum absolute atomic E-state index is 0.281. The first-order chi connectivity index (χ1) is 15.5. The Balaban J connectivity index is 1.50. The second-order valence-corrected chi connectivity index (χ2v) is 9.28. The molecule has 0 amide bonds. The van der Waals surface area contributed by atoms with E-state index in [1.165, 1.54) is 6.26 Å². The first-order valence-electron chi connectivity index (χ1n) is 10.1. The maximum absolute atomic E-state index is 11.5. The van der Waals surface area contributed by atoms with Crippen LogP contribution in [-0.4, -0.2) is 20.9 Å². The smallest absolute Gasteiger partial charge is 0.175 e. The number of para-hydroxylation sites is 2. The van der Waals surface area contributed by atoms with Crippen molar-refractivity contribution in [1.82, 2.24) is 0 Å². The molecule has 0 heterocycles. The Bertz CT molecular complexity index is 1250. The summed E-state index contributed by atoms with van der Waals surface area (Å²) in [6.45, 7) is 0. The van der Waals surface area contributed by atoms with Gasteiger partial charge in [-0.25, -0.2) is 8.42 Å². The first-order valence-corrected chi connectivity index (χ1v) is 12.0. The maximum Gasteiger partial charge on any atom is 0.175 e. The highest BCUT2D eigenvalue weighted by Gasteiger charge is 2.11. The van der Waals surface area contributed by atoms with Crippen molar-refractivity contribution in [1.29, 1.82) is 0 Å². The number of hydrazone groups is 1. The van der Waals surface area contributed by atoms with Crippen LogP contribution in [0.2, 0.25) is 0 Å². The zero-order chi connectivity index (χ0) is 22.4. The van der Waals surface area contributed by atoms with Gasteiger partial charge >= 0.3 is 0 Å². The van der Waals surface area contributed by atoms with Crippen molar-refractivity contribution >= 4 is 38.8 Å². The average Bonchev–Trinajstić information content (AvgIpc) is 2.81. The molecule has 0 saturated carbocycles. The van der Waals surface area contributed by atoms with Crippen LogP contribution in [-0.2, 0) is 9.84 Å². The van der Waals surface area contributed by atoms with Crippen molar-refractivity contribution in [3.05, 3.63) is 115 Å². The Morgan fingerprint density at radius 2 is 1.19 bits per heavy atom. The van der Waals surface area contributed by atoms with E-state index in [4.69, 9.17) is 0 Å². The zero-order valence-electron chi connectivity index (χ0n) is 17.6. The van der Waals surface area contributed by atoms with Gasteiger partial charge < -0.3 is 4.90 Å². The third-order valence-corrected chi connectivity index (χ3v) is 6.00. The fourth-order valence-electron chi connectivity index (χ4n) is 3.27. The molecule has 0 saturated heterocycles. The van der Waals surface area contributed by atoms with E-state index >= 15 is 0 Å². The first kappa shape index (κ1) is 21.3. The van der Waals surface area contributed by atoms with Gasteiger partial charge in [-0.3, -0.25) is 5.43 Å². The van der Waals surface area contributed by atoms with Gasteiger partial charge in [-0.2, -0.15) is 5.10 Å². The van der Waals surface area contributed by atoms with Crippen molar-refractivity contribution in [3.63, 3.8) is 0 Å². The molecule has 0 aliphatic carbocycles. The lowest BCUT2D eigenvalue weighted by atomic mass is 10.1. The summed E-state index contributed by atoms with van der Waals surface area (Å²) in [6, 6.07) is 35.1. The fraction of sp³-hybridized carbons (Fsp3) is 0.0385. The molecule has 0 aliphatic heterocycles. The standard InChI is InChI=1S/C26H23N3O2S/c1-32(30,31)26-18-14-22(15-19-26)28-27-20-21-12-16-25(17-13-21)29(23-8-4-2-5-9-23)24-10-6-3-7-11-24/h2-20,28H,1H3/b27-20+. The number of rotatable bonds is 7. The second kappa shape index (κ2) is 9.49. The van der Waals surface area contributed by atoms with Crippen LogP contribution in [0.5, 0.6) is 0 Å². The van der Waals surface area contributed by atoms with Crippen molar-refractivity contribution in [2.45, 2.75) is 4.90 Å². The van der Waals surface area contributed by atoms with Gasteiger partial charge in [0.25, 0.3) is 0 Å². The molecule has 0 bridgehead atoms. The van der Waals surface area contributed by atoms with E-state index in [-0.39, 0.29) is 4.90 Å². The topological polar surface area (TPSA) is 61.8 Å². The van der Waals surface area contributed by atoms with Crippen LogP contribution in [0, 0.1) is 0 Å². The summed E-state index contributed by atoms with van der Waals surface area (Å²) in [4.78, 5) is 2.48. The number of anilines is 4. The third-order valence-electron chi connectivity index (χ3n) is 4.87. The molecule has 4 rings (SSSR count). The number of nitrogens with zero attached hydrogens (tertiary/aromatic N) is 2. The minimum Gasteiger partial charge on any atom is -0.311 e. The average molecular weight is 442 g/mol. The van der Waals surface area contributed by atoms with Gasteiger partial charge in [0.15, 0.2) is 9.84 Å². The normalized spacial score (nSPS) is 11.4. The Morgan fingerprint density at radius 3 is 1.69 bits per heavy atom. The monoisotopic (exact) mass is 441 g/mol. The van der Waals surface area contributed by atoms with Crippen LogP contribution in [0.1, 0.15) is 5.56 Å². The Kier molecular flexibility index (Phi) is 6.33. The second-order valence-electron chi connectivity index (χ2n) is 7.26. The van der Waals surface area contributed by atoms with E-state index in [0.29, 0.717) is 5.69 Å². The summed E-state index contributed by atoms with van der Waals surface area (Å²) < 4.78 is 23.1. The minimum atomic E-state index is -3.20.